The van der Waals surface area contributed by atoms with Crippen molar-refractivity contribution in [3.63, 3.8) is 0 Å². The Morgan fingerprint density at radius 2 is 2.30 bits per heavy atom. The van der Waals surface area contributed by atoms with Crippen LogP contribution in [0.3, 0.4) is 0 Å². The molecule has 0 bridgehead atoms. The van der Waals surface area contributed by atoms with E-state index in [-0.39, 0.29) is 11.7 Å². The second-order valence-electron chi connectivity index (χ2n) is 5.82. The van der Waals surface area contributed by atoms with E-state index in [1.165, 1.54) is 0 Å². The van der Waals surface area contributed by atoms with Gasteiger partial charge in [-0.15, -0.1) is 0 Å². The van der Waals surface area contributed by atoms with Gasteiger partial charge in [-0.05, 0) is 30.0 Å². The van der Waals surface area contributed by atoms with E-state index < -0.39 is 10.0 Å². The Hall–Kier alpha value is -2.17. The fraction of sp³-hybridized carbons (Fsp3) is 0.375. The summed E-state index contributed by atoms with van der Waals surface area (Å²) in [6, 6.07) is 8.71. The summed E-state index contributed by atoms with van der Waals surface area (Å²) in [5.74, 6) is 1.24. The van der Waals surface area contributed by atoms with Gasteiger partial charge in [-0.25, -0.2) is 18.1 Å². The van der Waals surface area contributed by atoms with Crippen molar-refractivity contribution in [2.45, 2.75) is 25.1 Å². The van der Waals surface area contributed by atoms with Gasteiger partial charge in [0, 0.05) is 31.9 Å². The maximum Gasteiger partial charge on any atom is 0.215 e. The van der Waals surface area contributed by atoms with Gasteiger partial charge in [-0.1, -0.05) is 12.1 Å². The third kappa shape index (κ3) is 3.97. The van der Waals surface area contributed by atoms with E-state index in [9.17, 15) is 8.42 Å². The van der Waals surface area contributed by atoms with Crippen LogP contribution in [-0.2, 0) is 28.7 Å². The largest absolute Gasteiger partial charge is 0.335 e. The smallest absolute Gasteiger partial charge is 0.215 e. The summed E-state index contributed by atoms with van der Waals surface area (Å²) >= 11 is 0. The number of hydrogen-bond acceptors (Lipinski definition) is 4. The highest BCUT2D eigenvalue weighted by molar-refractivity contribution is 7.88. The lowest BCUT2D eigenvalue weighted by Crippen LogP contribution is -2.34. The van der Waals surface area contributed by atoms with Crippen molar-refractivity contribution in [2.24, 2.45) is 5.92 Å². The molecule has 2 heterocycles. The minimum absolute atomic E-state index is 0.106. The molecule has 0 saturated carbocycles. The van der Waals surface area contributed by atoms with E-state index in [1.807, 2.05) is 12.3 Å². The molecule has 0 amide bonds. The molecule has 1 aromatic heterocycles. The summed E-state index contributed by atoms with van der Waals surface area (Å²) in [5.41, 5.74) is 1.09. The highest BCUT2D eigenvalue weighted by atomic mass is 32.2. The second kappa shape index (κ2) is 6.52. The average Bonchev–Trinajstić information content (AvgIpc) is 3.00. The minimum Gasteiger partial charge on any atom is -0.335 e. The summed E-state index contributed by atoms with van der Waals surface area (Å²) < 4.78 is 29.2. The normalized spacial score (nSPS) is 17.4. The third-order valence-corrected chi connectivity index (χ3v) is 5.36. The molecule has 1 aromatic carbocycles. The molecule has 0 unspecified atom stereocenters. The number of sulfonamides is 1. The number of nitrogens with one attached hydrogen (secondary N) is 1. The van der Waals surface area contributed by atoms with Crippen molar-refractivity contribution >= 4 is 10.0 Å². The first-order chi connectivity index (χ1) is 11.1. The molecule has 0 radical (unpaired) electrons. The van der Waals surface area contributed by atoms with Crippen molar-refractivity contribution in [3.05, 3.63) is 53.6 Å². The molecule has 0 saturated heterocycles. The number of nitriles is 1. The van der Waals surface area contributed by atoms with Gasteiger partial charge in [0.25, 0.3) is 0 Å². The number of hydrogen-bond donors (Lipinski definition) is 1. The quantitative estimate of drug-likeness (QED) is 0.898. The predicted octanol–water partition coefficient (Wildman–Crippen LogP) is 1.44. The van der Waals surface area contributed by atoms with Crippen LogP contribution < -0.4 is 4.72 Å². The molecule has 0 aliphatic carbocycles. The Bertz CT molecular complexity index is 836. The van der Waals surface area contributed by atoms with Crippen LogP contribution in [0.4, 0.5) is 0 Å². The van der Waals surface area contributed by atoms with Crippen molar-refractivity contribution in [1.29, 1.82) is 5.26 Å². The van der Waals surface area contributed by atoms with Gasteiger partial charge in [0.2, 0.25) is 10.0 Å². The number of aromatic nitrogens is 2. The number of rotatable bonds is 5. The Labute approximate surface area is 135 Å². The molecule has 1 aliphatic heterocycles. The minimum atomic E-state index is -3.41. The molecule has 7 heteroatoms. The molecule has 0 fully saturated rings. The third-order valence-electron chi connectivity index (χ3n) is 4.04. The van der Waals surface area contributed by atoms with Gasteiger partial charge in [0.05, 0.1) is 17.4 Å². The van der Waals surface area contributed by atoms with Crippen LogP contribution in [-0.4, -0.2) is 24.5 Å². The lowest BCUT2D eigenvalue weighted by molar-refractivity contribution is 0.363. The molecule has 3 rings (SSSR count). The van der Waals surface area contributed by atoms with E-state index in [2.05, 4.69) is 14.3 Å². The average molecular weight is 330 g/mol. The molecule has 1 atom stereocenters. The summed E-state index contributed by atoms with van der Waals surface area (Å²) in [7, 11) is -3.41. The number of benzene rings is 1. The first-order valence-electron chi connectivity index (χ1n) is 7.52. The Morgan fingerprint density at radius 3 is 3.13 bits per heavy atom. The monoisotopic (exact) mass is 330 g/mol. The highest BCUT2D eigenvalue weighted by Gasteiger charge is 2.21. The predicted molar refractivity (Wildman–Crippen MR) is 85.8 cm³/mol. The Balaban J connectivity index is 1.58. The van der Waals surface area contributed by atoms with E-state index >= 15 is 0 Å². The van der Waals surface area contributed by atoms with Crippen molar-refractivity contribution < 1.29 is 8.42 Å². The van der Waals surface area contributed by atoms with Crippen LogP contribution in [0.15, 0.2) is 36.7 Å². The maximum atomic E-state index is 12.2. The Kier molecular flexibility index (Phi) is 4.46. The number of imidazole rings is 1. The summed E-state index contributed by atoms with van der Waals surface area (Å²) in [4.78, 5) is 4.27. The van der Waals surface area contributed by atoms with Gasteiger partial charge < -0.3 is 4.57 Å². The van der Waals surface area contributed by atoms with Gasteiger partial charge in [0.15, 0.2) is 0 Å². The first-order valence-corrected chi connectivity index (χ1v) is 9.17. The van der Waals surface area contributed by atoms with Crippen LogP contribution in [0.5, 0.6) is 0 Å². The zero-order valence-electron chi connectivity index (χ0n) is 12.6. The fourth-order valence-corrected chi connectivity index (χ4v) is 4.06. The van der Waals surface area contributed by atoms with E-state index in [0.29, 0.717) is 17.7 Å². The molecular weight excluding hydrogens is 312 g/mol. The van der Waals surface area contributed by atoms with Crippen LogP contribution in [0.2, 0.25) is 0 Å². The fourth-order valence-electron chi connectivity index (χ4n) is 2.85. The van der Waals surface area contributed by atoms with Gasteiger partial charge in [-0.3, -0.25) is 0 Å². The molecule has 1 N–H and O–H groups in total. The number of fused-ring (bicyclic) bond motifs is 1. The maximum absolute atomic E-state index is 12.2. The topological polar surface area (TPSA) is 87.8 Å². The molecule has 2 aromatic rings. The summed E-state index contributed by atoms with van der Waals surface area (Å²) in [6.07, 6.45) is 5.53. The first kappa shape index (κ1) is 15.7. The zero-order chi connectivity index (χ0) is 16.3. The molecule has 1 aliphatic rings. The lowest BCUT2D eigenvalue weighted by atomic mass is 10.00. The summed E-state index contributed by atoms with van der Waals surface area (Å²) in [5, 5.41) is 8.87. The van der Waals surface area contributed by atoms with Gasteiger partial charge >= 0.3 is 0 Å². The van der Waals surface area contributed by atoms with Crippen LogP contribution in [0, 0.1) is 17.2 Å². The van der Waals surface area contributed by atoms with Crippen molar-refractivity contribution in [3.8, 4) is 6.07 Å². The number of nitrogens with zero attached hydrogens (tertiary/aromatic N) is 3. The van der Waals surface area contributed by atoms with Gasteiger partial charge in [-0.2, -0.15) is 5.26 Å². The molecule has 0 spiro atoms. The Morgan fingerprint density at radius 1 is 1.43 bits per heavy atom. The number of aryl methyl sites for hydroxylation is 1. The van der Waals surface area contributed by atoms with Crippen LogP contribution >= 0.6 is 0 Å². The molecular formula is C16H18N4O2S. The van der Waals surface area contributed by atoms with E-state index in [1.54, 1.807) is 30.5 Å². The van der Waals surface area contributed by atoms with Gasteiger partial charge in [0.1, 0.15) is 5.82 Å². The van der Waals surface area contributed by atoms with E-state index in [4.69, 9.17) is 5.26 Å². The second-order valence-corrected chi connectivity index (χ2v) is 7.63. The SMILES string of the molecule is N#Cc1cccc(CS(=O)(=O)NC[C@H]2CCc3nccn3C2)c1. The molecule has 23 heavy (non-hydrogen) atoms. The lowest BCUT2D eigenvalue weighted by Gasteiger charge is -2.23. The van der Waals surface area contributed by atoms with Crippen molar-refractivity contribution in [2.75, 3.05) is 6.54 Å². The van der Waals surface area contributed by atoms with Crippen LogP contribution in [0.25, 0.3) is 0 Å². The highest BCUT2D eigenvalue weighted by Crippen LogP contribution is 2.18. The van der Waals surface area contributed by atoms with Crippen LogP contribution in [0.1, 0.15) is 23.4 Å². The van der Waals surface area contributed by atoms with E-state index in [0.717, 1.165) is 25.2 Å². The summed E-state index contributed by atoms with van der Waals surface area (Å²) in [6.45, 7) is 1.22. The zero-order valence-corrected chi connectivity index (χ0v) is 13.5. The molecule has 6 nitrogen and oxygen atoms in total. The van der Waals surface area contributed by atoms with Crippen molar-refractivity contribution in [1.82, 2.24) is 14.3 Å². The standard InChI is InChI=1S/C16H18N4O2S/c17-9-13-2-1-3-14(8-13)12-23(21,22)19-10-15-4-5-16-18-6-7-20(16)11-15/h1-3,6-8,15,19H,4-5,10-12H2/t15-/m1/s1. The molecule has 120 valence electrons.